The molecule has 0 atom stereocenters. The number of nitrogens with two attached hydrogens (primary N) is 2. The minimum absolute atomic E-state index is 0.182. The fourth-order valence-corrected chi connectivity index (χ4v) is 1.87. The van der Waals surface area contributed by atoms with Crippen LogP contribution in [0.1, 0.15) is 33.6 Å². The van der Waals surface area contributed by atoms with Crippen LogP contribution in [0, 0.1) is 0 Å². The van der Waals surface area contributed by atoms with Crippen molar-refractivity contribution in [1.29, 1.82) is 0 Å². The summed E-state index contributed by atoms with van der Waals surface area (Å²) in [7, 11) is 0. The van der Waals surface area contributed by atoms with Crippen molar-refractivity contribution in [1.82, 2.24) is 9.38 Å². The van der Waals surface area contributed by atoms with E-state index in [0.717, 1.165) is 0 Å². The summed E-state index contributed by atoms with van der Waals surface area (Å²) < 4.78 is 1.57. The zero-order valence-electron chi connectivity index (χ0n) is 9.30. The van der Waals surface area contributed by atoms with E-state index in [2.05, 4.69) is 4.98 Å². The Morgan fingerprint density at radius 1 is 1.29 bits per heavy atom. The lowest BCUT2D eigenvalue weighted by Gasteiger charge is -2.04. The summed E-state index contributed by atoms with van der Waals surface area (Å²) in [6.07, 6.45) is 0.531. The number of aromatic nitrogens is 2. The number of carbonyl (C=O) groups excluding carboxylic acids is 2. The quantitative estimate of drug-likeness (QED) is 0.783. The molecule has 0 saturated heterocycles. The topological polar surface area (TPSA) is 103 Å². The Kier molecular flexibility index (Phi) is 2.55. The molecule has 2 rings (SSSR count). The standard InChI is InChI=1S/C11H12N4O2/c1-2-6-9(11(13)17)14-8-5-3-4-7(10(12)16)15(6)8/h3-5H,2H2,1H3,(H2,12,16)(H2,13,17). The average Bonchev–Trinajstić information content (AvgIpc) is 2.66. The predicted octanol–water partition coefficient (Wildman–Crippen LogP) is 0.0945. The molecule has 0 fully saturated rings. The van der Waals surface area contributed by atoms with Gasteiger partial charge in [-0.05, 0) is 18.6 Å². The van der Waals surface area contributed by atoms with E-state index in [0.29, 0.717) is 23.5 Å². The summed E-state index contributed by atoms with van der Waals surface area (Å²) >= 11 is 0. The number of primary amides is 2. The Hall–Kier alpha value is -2.37. The third-order valence-electron chi connectivity index (χ3n) is 2.56. The molecule has 0 aliphatic heterocycles. The Morgan fingerprint density at radius 2 is 2.00 bits per heavy atom. The van der Waals surface area contributed by atoms with Crippen LogP contribution in [0.4, 0.5) is 0 Å². The minimum Gasteiger partial charge on any atom is -0.364 e. The summed E-state index contributed by atoms with van der Waals surface area (Å²) in [5, 5.41) is 0. The highest BCUT2D eigenvalue weighted by molar-refractivity contribution is 5.95. The van der Waals surface area contributed by atoms with Crippen molar-refractivity contribution in [2.75, 3.05) is 0 Å². The maximum atomic E-state index is 11.3. The Balaban J connectivity index is 2.88. The van der Waals surface area contributed by atoms with Crippen molar-refractivity contribution < 1.29 is 9.59 Å². The van der Waals surface area contributed by atoms with E-state index in [4.69, 9.17) is 11.5 Å². The van der Waals surface area contributed by atoms with Crippen LogP contribution in [-0.4, -0.2) is 21.2 Å². The summed E-state index contributed by atoms with van der Waals surface area (Å²) in [6, 6.07) is 4.94. The minimum atomic E-state index is -0.610. The predicted molar refractivity (Wildman–Crippen MR) is 61.6 cm³/mol. The Labute approximate surface area is 97.2 Å². The fourth-order valence-electron chi connectivity index (χ4n) is 1.87. The molecule has 0 aliphatic carbocycles. The molecular formula is C11H12N4O2. The average molecular weight is 232 g/mol. The number of amides is 2. The van der Waals surface area contributed by atoms with Crippen LogP contribution >= 0.6 is 0 Å². The molecule has 0 aliphatic rings. The number of hydrogen-bond donors (Lipinski definition) is 2. The SMILES string of the molecule is CCc1c(C(N)=O)nc2cccc(C(N)=O)n12. The van der Waals surface area contributed by atoms with E-state index >= 15 is 0 Å². The molecule has 0 saturated carbocycles. The largest absolute Gasteiger partial charge is 0.364 e. The number of fused-ring (bicyclic) bond motifs is 1. The number of aryl methyl sites for hydroxylation is 1. The van der Waals surface area contributed by atoms with Gasteiger partial charge in [0.15, 0.2) is 0 Å². The third kappa shape index (κ3) is 1.63. The van der Waals surface area contributed by atoms with Crippen molar-refractivity contribution in [3.05, 3.63) is 35.3 Å². The fraction of sp³-hybridized carbons (Fsp3) is 0.182. The lowest BCUT2D eigenvalue weighted by atomic mass is 10.2. The molecule has 17 heavy (non-hydrogen) atoms. The molecule has 2 heterocycles. The number of carbonyl (C=O) groups is 2. The molecule has 88 valence electrons. The maximum absolute atomic E-state index is 11.3. The molecule has 2 aromatic rings. The van der Waals surface area contributed by atoms with Crippen LogP contribution in [0.5, 0.6) is 0 Å². The van der Waals surface area contributed by atoms with Gasteiger partial charge in [-0.3, -0.25) is 14.0 Å². The van der Waals surface area contributed by atoms with Gasteiger partial charge in [0.05, 0.1) is 5.69 Å². The van der Waals surface area contributed by atoms with Crippen LogP contribution < -0.4 is 11.5 Å². The van der Waals surface area contributed by atoms with Crippen LogP contribution in [0.15, 0.2) is 18.2 Å². The second kappa shape index (κ2) is 3.89. The molecule has 4 N–H and O–H groups in total. The third-order valence-corrected chi connectivity index (χ3v) is 2.56. The summed E-state index contributed by atoms with van der Waals surface area (Å²) in [4.78, 5) is 26.7. The maximum Gasteiger partial charge on any atom is 0.269 e. The monoisotopic (exact) mass is 232 g/mol. The molecule has 0 radical (unpaired) electrons. The van der Waals surface area contributed by atoms with Gasteiger partial charge in [0.1, 0.15) is 17.0 Å². The highest BCUT2D eigenvalue weighted by Crippen LogP contribution is 2.15. The molecule has 0 aromatic carbocycles. The normalized spacial score (nSPS) is 10.6. The number of hydrogen-bond acceptors (Lipinski definition) is 3. The molecule has 2 amide bonds. The summed E-state index contributed by atoms with van der Waals surface area (Å²) in [5.41, 5.74) is 12.1. The van der Waals surface area contributed by atoms with Gasteiger partial charge >= 0.3 is 0 Å². The van der Waals surface area contributed by atoms with E-state index in [1.807, 2.05) is 6.92 Å². The van der Waals surface area contributed by atoms with Crippen molar-refractivity contribution in [2.24, 2.45) is 11.5 Å². The van der Waals surface area contributed by atoms with Gasteiger partial charge in [0.25, 0.3) is 11.8 Å². The summed E-state index contributed by atoms with van der Waals surface area (Å²) in [6.45, 7) is 1.85. The Bertz CT molecular complexity index is 615. The van der Waals surface area contributed by atoms with Crippen molar-refractivity contribution in [3.8, 4) is 0 Å². The second-order valence-corrected chi connectivity index (χ2v) is 3.59. The van der Waals surface area contributed by atoms with Gasteiger partial charge in [0.2, 0.25) is 0 Å². The zero-order valence-corrected chi connectivity index (χ0v) is 9.30. The van der Waals surface area contributed by atoms with Crippen LogP contribution in [0.3, 0.4) is 0 Å². The number of rotatable bonds is 3. The van der Waals surface area contributed by atoms with Gasteiger partial charge < -0.3 is 11.5 Å². The lowest BCUT2D eigenvalue weighted by molar-refractivity contribution is 0.0983. The van der Waals surface area contributed by atoms with E-state index in [-0.39, 0.29) is 5.69 Å². The number of imidazole rings is 1. The van der Waals surface area contributed by atoms with Crippen molar-refractivity contribution in [3.63, 3.8) is 0 Å². The van der Waals surface area contributed by atoms with E-state index in [1.54, 1.807) is 22.6 Å². The van der Waals surface area contributed by atoms with Gasteiger partial charge in [-0.15, -0.1) is 0 Å². The lowest BCUT2D eigenvalue weighted by Crippen LogP contribution is -2.18. The number of nitrogens with zero attached hydrogens (tertiary/aromatic N) is 2. The van der Waals surface area contributed by atoms with Gasteiger partial charge in [0, 0.05) is 0 Å². The van der Waals surface area contributed by atoms with E-state index < -0.39 is 11.8 Å². The molecule has 0 bridgehead atoms. The molecule has 0 spiro atoms. The first kappa shape index (κ1) is 11.1. The summed E-state index contributed by atoms with van der Waals surface area (Å²) in [5.74, 6) is -1.18. The van der Waals surface area contributed by atoms with Crippen LogP contribution in [0.2, 0.25) is 0 Å². The molecule has 6 heteroatoms. The zero-order chi connectivity index (χ0) is 12.6. The highest BCUT2D eigenvalue weighted by Gasteiger charge is 2.18. The van der Waals surface area contributed by atoms with Crippen LogP contribution in [-0.2, 0) is 6.42 Å². The molecular weight excluding hydrogens is 220 g/mol. The van der Waals surface area contributed by atoms with Crippen molar-refractivity contribution in [2.45, 2.75) is 13.3 Å². The van der Waals surface area contributed by atoms with Crippen LogP contribution in [0.25, 0.3) is 5.65 Å². The molecule has 6 nitrogen and oxygen atoms in total. The Morgan fingerprint density at radius 3 is 2.53 bits per heavy atom. The van der Waals surface area contributed by atoms with E-state index in [9.17, 15) is 9.59 Å². The smallest absolute Gasteiger partial charge is 0.269 e. The van der Waals surface area contributed by atoms with Gasteiger partial charge in [-0.1, -0.05) is 13.0 Å². The first-order chi connectivity index (χ1) is 8.06. The van der Waals surface area contributed by atoms with Gasteiger partial charge in [-0.25, -0.2) is 4.98 Å². The highest BCUT2D eigenvalue weighted by atomic mass is 16.1. The number of pyridine rings is 1. The molecule has 2 aromatic heterocycles. The van der Waals surface area contributed by atoms with Crippen molar-refractivity contribution >= 4 is 17.5 Å². The van der Waals surface area contributed by atoms with Gasteiger partial charge in [-0.2, -0.15) is 0 Å². The molecule has 0 unspecified atom stereocenters. The first-order valence-electron chi connectivity index (χ1n) is 5.16. The van der Waals surface area contributed by atoms with E-state index in [1.165, 1.54) is 0 Å². The first-order valence-corrected chi connectivity index (χ1v) is 5.16. The second-order valence-electron chi connectivity index (χ2n) is 3.59.